The van der Waals surface area contributed by atoms with E-state index < -0.39 is 0 Å². The van der Waals surface area contributed by atoms with E-state index >= 15 is 0 Å². The Morgan fingerprint density at radius 2 is 2.33 bits per heavy atom. The van der Waals surface area contributed by atoms with Crippen LogP contribution in [0.15, 0.2) is 5.16 Å². The Morgan fingerprint density at radius 3 is 2.75 bits per heavy atom. The first-order valence-corrected chi connectivity index (χ1v) is 4.31. The molecule has 1 saturated carbocycles. The molecule has 0 aromatic heterocycles. The van der Waals surface area contributed by atoms with Crippen molar-refractivity contribution in [1.82, 2.24) is 4.90 Å². The first-order valence-electron chi connectivity index (χ1n) is 4.31. The molecule has 4 heteroatoms. The summed E-state index contributed by atoms with van der Waals surface area (Å²) in [6, 6.07) is 0.547. The fourth-order valence-electron chi connectivity index (χ4n) is 1.37. The minimum atomic E-state index is 0.282. The van der Waals surface area contributed by atoms with Crippen LogP contribution >= 0.6 is 0 Å². The maximum absolute atomic E-state index is 8.36. The summed E-state index contributed by atoms with van der Waals surface area (Å²) in [5.41, 5.74) is 5.39. The van der Waals surface area contributed by atoms with Crippen LogP contribution in [-0.4, -0.2) is 35.6 Å². The molecule has 1 fully saturated rings. The van der Waals surface area contributed by atoms with Gasteiger partial charge in [0.1, 0.15) is 0 Å². The Hall–Kier alpha value is -0.770. The van der Waals surface area contributed by atoms with Gasteiger partial charge in [0.25, 0.3) is 0 Å². The van der Waals surface area contributed by atoms with Crippen molar-refractivity contribution in [2.45, 2.75) is 25.8 Å². The molecule has 0 amide bonds. The van der Waals surface area contributed by atoms with Gasteiger partial charge in [-0.2, -0.15) is 0 Å². The first kappa shape index (κ1) is 9.32. The van der Waals surface area contributed by atoms with Crippen LogP contribution in [0.25, 0.3) is 0 Å². The minimum Gasteiger partial charge on any atom is -0.409 e. The predicted molar refractivity (Wildman–Crippen MR) is 48.2 cm³/mol. The van der Waals surface area contributed by atoms with Gasteiger partial charge in [-0.25, -0.2) is 0 Å². The molecule has 0 radical (unpaired) electrons. The molecule has 0 bridgehead atoms. The van der Waals surface area contributed by atoms with E-state index in [0.717, 1.165) is 5.92 Å². The summed E-state index contributed by atoms with van der Waals surface area (Å²) in [6.07, 6.45) is 2.64. The van der Waals surface area contributed by atoms with Crippen LogP contribution in [0.5, 0.6) is 0 Å². The molecule has 70 valence electrons. The zero-order chi connectivity index (χ0) is 9.14. The van der Waals surface area contributed by atoms with Crippen molar-refractivity contribution in [2.75, 3.05) is 13.6 Å². The molecule has 0 aromatic carbocycles. The lowest BCUT2D eigenvalue weighted by Gasteiger charge is -2.23. The van der Waals surface area contributed by atoms with Crippen molar-refractivity contribution in [2.24, 2.45) is 16.8 Å². The highest BCUT2D eigenvalue weighted by molar-refractivity contribution is 5.81. The van der Waals surface area contributed by atoms with Gasteiger partial charge in [0, 0.05) is 6.04 Å². The SMILES string of the molecule is CC(C1CC1)N(C)C/C(N)=N/O. The average molecular weight is 171 g/mol. The third-order valence-electron chi connectivity index (χ3n) is 2.54. The van der Waals surface area contributed by atoms with E-state index in [4.69, 9.17) is 10.9 Å². The Labute approximate surface area is 73.0 Å². The molecule has 4 nitrogen and oxygen atoms in total. The van der Waals surface area contributed by atoms with Gasteiger partial charge in [0.2, 0.25) is 0 Å². The lowest BCUT2D eigenvalue weighted by Crippen LogP contribution is -2.38. The Kier molecular flexibility index (Phi) is 2.92. The van der Waals surface area contributed by atoms with Crippen molar-refractivity contribution < 1.29 is 5.21 Å². The Morgan fingerprint density at radius 1 is 1.75 bits per heavy atom. The van der Waals surface area contributed by atoms with Crippen LogP contribution in [0.2, 0.25) is 0 Å². The summed E-state index contributed by atoms with van der Waals surface area (Å²) in [4.78, 5) is 2.12. The number of rotatable bonds is 4. The highest BCUT2D eigenvalue weighted by Crippen LogP contribution is 2.34. The summed E-state index contributed by atoms with van der Waals surface area (Å²) >= 11 is 0. The van der Waals surface area contributed by atoms with Gasteiger partial charge in [0.15, 0.2) is 5.84 Å². The van der Waals surface area contributed by atoms with E-state index in [-0.39, 0.29) is 5.84 Å². The molecule has 1 rings (SSSR count). The Balaban J connectivity index is 2.30. The molecule has 3 N–H and O–H groups in total. The summed E-state index contributed by atoms with van der Waals surface area (Å²) in [6.45, 7) is 2.73. The standard InChI is InChI=1S/C8H17N3O/c1-6(7-3-4-7)11(2)5-8(9)10-12/h6-7,12H,3-5H2,1-2H3,(H2,9,10). The van der Waals surface area contributed by atoms with Gasteiger partial charge in [-0.05, 0) is 32.7 Å². The highest BCUT2D eigenvalue weighted by Gasteiger charge is 2.30. The van der Waals surface area contributed by atoms with E-state index in [2.05, 4.69) is 17.0 Å². The summed E-state index contributed by atoms with van der Waals surface area (Å²) in [5, 5.41) is 11.3. The average Bonchev–Trinajstić information content (AvgIpc) is 2.85. The molecule has 0 aliphatic heterocycles. The molecule has 1 aliphatic rings. The largest absolute Gasteiger partial charge is 0.409 e. The normalized spacial score (nSPS) is 21.4. The van der Waals surface area contributed by atoms with Crippen LogP contribution in [0.4, 0.5) is 0 Å². The van der Waals surface area contributed by atoms with Gasteiger partial charge in [-0.1, -0.05) is 5.16 Å². The molecule has 1 atom stereocenters. The summed E-state index contributed by atoms with van der Waals surface area (Å²) in [7, 11) is 2.00. The van der Waals surface area contributed by atoms with Crippen LogP contribution in [0.3, 0.4) is 0 Å². The van der Waals surface area contributed by atoms with Crippen LogP contribution in [0.1, 0.15) is 19.8 Å². The molecular weight excluding hydrogens is 154 g/mol. The van der Waals surface area contributed by atoms with Crippen LogP contribution < -0.4 is 5.73 Å². The summed E-state index contributed by atoms with van der Waals surface area (Å²) in [5.74, 6) is 1.10. The van der Waals surface area contributed by atoms with Crippen molar-refractivity contribution >= 4 is 5.84 Å². The van der Waals surface area contributed by atoms with Gasteiger partial charge in [-0.15, -0.1) is 0 Å². The fourth-order valence-corrected chi connectivity index (χ4v) is 1.37. The van der Waals surface area contributed by atoms with Crippen molar-refractivity contribution in [3.8, 4) is 0 Å². The minimum absolute atomic E-state index is 0.282. The Bertz CT molecular complexity index is 177. The molecular formula is C8H17N3O. The fraction of sp³-hybridized carbons (Fsp3) is 0.875. The number of oxime groups is 1. The molecule has 0 spiro atoms. The number of hydrogen-bond acceptors (Lipinski definition) is 3. The van der Waals surface area contributed by atoms with Crippen LogP contribution in [0, 0.1) is 5.92 Å². The van der Waals surface area contributed by atoms with E-state index in [9.17, 15) is 0 Å². The number of likely N-dealkylation sites (N-methyl/N-ethyl adjacent to an activating group) is 1. The zero-order valence-corrected chi connectivity index (χ0v) is 7.70. The van der Waals surface area contributed by atoms with E-state index in [1.165, 1.54) is 12.8 Å². The molecule has 1 unspecified atom stereocenters. The topological polar surface area (TPSA) is 61.8 Å². The molecule has 0 aromatic rings. The number of nitrogens with two attached hydrogens (primary N) is 1. The molecule has 1 aliphatic carbocycles. The monoisotopic (exact) mass is 171 g/mol. The smallest absolute Gasteiger partial charge is 0.153 e. The second-order valence-corrected chi connectivity index (χ2v) is 3.58. The lowest BCUT2D eigenvalue weighted by molar-refractivity contribution is 0.258. The van der Waals surface area contributed by atoms with Gasteiger partial charge >= 0.3 is 0 Å². The molecule has 0 heterocycles. The molecule has 0 saturated heterocycles. The highest BCUT2D eigenvalue weighted by atomic mass is 16.4. The number of amidine groups is 1. The first-order chi connectivity index (χ1) is 5.65. The second-order valence-electron chi connectivity index (χ2n) is 3.58. The maximum Gasteiger partial charge on any atom is 0.153 e. The zero-order valence-electron chi connectivity index (χ0n) is 7.70. The van der Waals surface area contributed by atoms with Crippen LogP contribution in [-0.2, 0) is 0 Å². The van der Waals surface area contributed by atoms with Crippen molar-refractivity contribution in [3.05, 3.63) is 0 Å². The van der Waals surface area contributed by atoms with Gasteiger partial charge in [-0.3, -0.25) is 4.90 Å². The summed E-state index contributed by atoms with van der Waals surface area (Å²) < 4.78 is 0. The molecule has 12 heavy (non-hydrogen) atoms. The third-order valence-corrected chi connectivity index (χ3v) is 2.54. The van der Waals surface area contributed by atoms with E-state index in [0.29, 0.717) is 12.6 Å². The lowest BCUT2D eigenvalue weighted by atomic mass is 10.2. The van der Waals surface area contributed by atoms with Gasteiger partial charge < -0.3 is 10.9 Å². The maximum atomic E-state index is 8.36. The van der Waals surface area contributed by atoms with Gasteiger partial charge in [0.05, 0.1) is 6.54 Å². The number of nitrogens with zero attached hydrogens (tertiary/aromatic N) is 2. The van der Waals surface area contributed by atoms with E-state index in [1.54, 1.807) is 0 Å². The quantitative estimate of drug-likeness (QED) is 0.279. The predicted octanol–water partition coefficient (Wildman–Crippen LogP) is 0.463. The third kappa shape index (κ3) is 2.37. The second kappa shape index (κ2) is 3.76. The van der Waals surface area contributed by atoms with Crippen molar-refractivity contribution in [1.29, 1.82) is 0 Å². The number of hydrogen-bond donors (Lipinski definition) is 2. The van der Waals surface area contributed by atoms with E-state index in [1.807, 2.05) is 7.05 Å². The van der Waals surface area contributed by atoms with Crippen molar-refractivity contribution in [3.63, 3.8) is 0 Å².